The molecule has 0 aliphatic carbocycles. The third kappa shape index (κ3) is 2.82. The van der Waals surface area contributed by atoms with E-state index in [1.54, 1.807) is 12.1 Å². The van der Waals surface area contributed by atoms with Gasteiger partial charge in [-0.15, -0.1) is 0 Å². The van der Waals surface area contributed by atoms with Crippen molar-refractivity contribution in [3.8, 4) is 17.9 Å². The van der Waals surface area contributed by atoms with E-state index in [1.807, 2.05) is 0 Å². The van der Waals surface area contributed by atoms with Gasteiger partial charge in [-0.2, -0.15) is 10.5 Å². The highest BCUT2D eigenvalue weighted by molar-refractivity contribution is 6.03. The van der Waals surface area contributed by atoms with Crippen LogP contribution in [-0.4, -0.2) is 35.1 Å². The number of hydrogen-bond acceptors (Lipinski definition) is 5. The average molecular weight is 257 g/mol. The normalized spacial score (nSPS) is 10.9. The Morgan fingerprint density at radius 2 is 1.95 bits per heavy atom. The molecule has 2 N–H and O–H groups in total. The lowest BCUT2D eigenvalue weighted by molar-refractivity contribution is -0.124. The van der Waals surface area contributed by atoms with Crippen LogP contribution in [0.4, 0.5) is 0 Å². The number of benzene rings is 1. The van der Waals surface area contributed by atoms with Crippen LogP contribution >= 0.6 is 0 Å². The summed E-state index contributed by atoms with van der Waals surface area (Å²) in [7, 11) is 2.90. The highest BCUT2D eigenvalue weighted by Gasteiger charge is 2.18. The number of likely N-dealkylation sites (N-methyl/N-ethyl adjacent to an activating group) is 1. The number of phenolic OH excluding ortho intramolecular Hbond substituents is 1. The molecule has 19 heavy (non-hydrogen) atoms. The standard InChI is InChI=1S/C13H11N3O3/c1-16(2)13(19)10(7-15)12(18)8-3-4-11(17)9(5-8)6-14/h3-5,17-18H,1-2H3/b12-10-. The van der Waals surface area contributed by atoms with E-state index < -0.39 is 17.2 Å². The molecule has 6 heteroatoms. The molecule has 0 unspecified atom stereocenters. The fraction of sp³-hybridized carbons (Fsp3) is 0.154. The minimum Gasteiger partial charge on any atom is -0.507 e. The first kappa shape index (κ1) is 14.1. The summed E-state index contributed by atoms with van der Waals surface area (Å²) in [5.74, 6) is -1.42. The number of aliphatic hydroxyl groups is 1. The van der Waals surface area contributed by atoms with Gasteiger partial charge in [0, 0.05) is 19.7 Å². The zero-order valence-electron chi connectivity index (χ0n) is 10.4. The number of nitrogens with zero attached hydrogens (tertiary/aromatic N) is 3. The first-order valence-electron chi connectivity index (χ1n) is 5.20. The van der Waals surface area contributed by atoms with Crippen LogP contribution in [-0.2, 0) is 4.79 Å². The van der Waals surface area contributed by atoms with Crippen LogP contribution < -0.4 is 0 Å². The van der Waals surface area contributed by atoms with Crippen LogP contribution in [0.25, 0.3) is 5.76 Å². The first-order valence-corrected chi connectivity index (χ1v) is 5.20. The topological polar surface area (TPSA) is 108 Å². The Morgan fingerprint density at radius 1 is 1.32 bits per heavy atom. The van der Waals surface area contributed by atoms with Gasteiger partial charge in [0.2, 0.25) is 0 Å². The van der Waals surface area contributed by atoms with Gasteiger partial charge in [-0.3, -0.25) is 4.79 Å². The molecule has 1 rings (SSSR count). The number of rotatable bonds is 2. The molecule has 0 aromatic heterocycles. The first-order chi connectivity index (χ1) is 8.92. The van der Waals surface area contributed by atoms with Crippen molar-refractivity contribution in [1.29, 1.82) is 10.5 Å². The lowest BCUT2D eigenvalue weighted by atomic mass is 10.1. The average Bonchev–Trinajstić information content (AvgIpc) is 2.39. The van der Waals surface area contributed by atoms with Crippen LogP contribution in [0.5, 0.6) is 5.75 Å². The van der Waals surface area contributed by atoms with Gasteiger partial charge in [-0.25, -0.2) is 0 Å². The number of aliphatic hydroxyl groups excluding tert-OH is 1. The molecule has 0 fully saturated rings. The van der Waals surface area contributed by atoms with Crippen molar-refractivity contribution in [1.82, 2.24) is 4.90 Å². The smallest absolute Gasteiger partial charge is 0.267 e. The Labute approximate surface area is 110 Å². The van der Waals surface area contributed by atoms with Crippen molar-refractivity contribution in [3.05, 3.63) is 34.9 Å². The van der Waals surface area contributed by atoms with Gasteiger partial charge in [-0.1, -0.05) is 0 Å². The quantitative estimate of drug-likeness (QED) is 0.469. The van der Waals surface area contributed by atoms with Gasteiger partial charge in [-0.05, 0) is 18.2 Å². The largest absolute Gasteiger partial charge is 0.507 e. The van der Waals surface area contributed by atoms with Crippen LogP contribution in [0.2, 0.25) is 0 Å². The maximum atomic E-state index is 11.7. The molecule has 0 heterocycles. The van der Waals surface area contributed by atoms with E-state index in [4.69, 9.17) is 10.5 Å². The van der Waals surface area contributed by atoms with Crippen molar-refractivity contribution >= 4 is 11.7 Å². The summed E-state index contributed by atoms with van der Waals surface area (Å²) in [6.07, 6.45) is 0. The second kappa shape index (κ2) is 5.56. The molecule has 0 bridgehead atoms. The number of phenols is 1. The molecule has 0 aliphatic rings. The molecule has 1 amide bonds. The monoisotopic (exact) mass is 257 g/mol. The van der Waals surface area contributed by atoms with E-state index in [-0.39, 0.29) is 16.9 Å². The number of carbonyl (C=O) groups is 1. The van der Waals surface area contributed by atoms with Crippen LogP contribution in [0.15, 0.2) is 23.8 Å². The Balaban J connectivity index is 3.40. The highest BCUT2D eigenvalue weighted by atomic mass is 16.3. The second-order valence-corrected chi connectivity index (χ2v) is 3.88. The van der Waals surface area contributed by atoms with Crippen LogP contribution in [0.3, 0.4) is 0 Å². The van der Waals surface area contributed by atoms with Crippen molar-refractivity contribution < 1.29 is 15.0 Å². The van der Waals surface area contributed by atoms with E-state index in [2.05, 4.69) is 0 Å². The summed E-state index contributed by atoms with van der Waals surface area (Å²) in [5.41, 5.74) is -0.376. The third-order valence-corrected chi connectivity index (χ3v) is 2.36. The number of nitriles is 2. The number of hydrogen-bond donors (Lipinski definition) is 2. The molecule has 96 valence electrons. The molecule has 1 aromatic rings. The van der Waals surface area contributed by atoms with E-state index in [9.17, 15) is 15.0 Å². The van der Waals surface area contributed by atoms with Crippen molar-refractivity contribution in [2.24, 2.45) is 0 Å². The van der Waals surface area contributed by atoms with Crippen LogP contribution in [0.1, 0.15) is 11.1 Å². The predicted octanol–water partition coefficient (Wildman–Crippen LogP) is 1.14. The Kier molecular flexibility index (Phi) is 4.12. The zero-order valence-corrected chi connectivity index (χ0v) is 10.4. The molecule has 1 aromatic carbocycles. The molecule has 0 atom stereocenters. The minimum absolute atomic E-state index is 0.0568. The van der Waals surface area contributed by atoms with Crippen molar-refractivity contribution in [2.45, 2.75) is 0 Å². The fourth-order valence-corrected chi connectivity index (χ4v) is 1.34. The molecule has 0 aliphatic heterocycles. The highest BCUT2D eigenvalue weighted by Crippen LogP contribution is 2.23. The maximum absolute atomic E-state index is 11.7. The van der Waals surface area contributed by atoms with Gasteiger partial charge >= 0.3 is 0 Å². The summed E-state index contributed by atoms with van der Waals surface area (Å²) in [4.78, 5) is 12.8. The Morgan fingerprint density at radius 3 is 2.42 bits per heavy atom. The second-order valence-electron chi connectivity index (χ2n) is 3.88. The fourth-order valence-electron chi connectivity index (χ4n) is 1.34. The van der Waals surface area contributed by atoms with E-state index in [1.165, 1.54) is 32.3 Å². The van der Waals surface area contributed by atoms with Crippen LogP contribution in [0, 0.1) is 22.7 Å². The predicted molar refractivity (Wildman–Crippen MR) is 66.7 cm³/mol. The minimum atomic E-state index is -0.647. The zero-order chi connectivity index (χ0) is 14.6. The molecule has 0 saturated heterocycles. The summed E-state index contributed by atoms with van der Waals surface area (Å²) in [6.45, 7) is 0. The number of carbonyl (C=O) groups excluding carboxylic acids is 1. The van der Waals surface area contributed by atoms with Crippen molar-refractivity contribution in [3.63, 3.8) is 0 Å². The summed E-state index contributed by atoms with van der Waals surface area (Å²) in [5, 5.41) is 37.0. The lowest BCUT2D eigenvalue weighted by Gasteiger charge is -2.10. The summed E-state index contributed by atoms with van der Waals surface area (Å²) < 4.78 is 0. The SMILES string of the molecule is CN(C)C(=O)/C(C#N)=C(\O)c1ccc(O)c(C#N)c1. The van der Waals surface area contributed by atoms with E-state index >= 15 is 0 Å². The number of aromatic hydroxyl groups is 1. The molecule has 0 spiro atoms. The third-order valence-electron chi connectivity index (χ3n) is 2.36. The van der Waals surface area contributed by atoms with Gasteiger partial charge < -0.3 is 15.1 Å². The molecular weight excluding hydrogens is 246 g/mol. The number of amides is 1. The van der Waals surface area contributed by atoms with Gasteiger partial charge in [0.15, 0.2) is 5.57 Å². The molecule has 0 saturated carbocycles. The maximum Gasteiger partial charge on any atom is 0.267 e. The van der Waals surface area contributed by atoms with Gasteiger partial charge in [0.05, 0.1) is 5.56 Å². The van der Waals surface area contributed by atoms with E-state index in [0.717, 1.165) is 4.90 Å². The lowest BCUT2D eigenvalue weighted by Crippen LogP contribution is -2.23. The van der Waals surface area contributed by atoms with E-state index in [0.29, 0.717) is 0 Å². The summed E-state index contributed by atoms with van der Waals surface area (Å²) >= 11 is 0. The van der Waals surface area contributed by atoms with Gasteiger partial charge in [0.25, 0.3) is 5.91 Å². The Bertz CT molecular complexity index is 634. The van der Waals surface area contributed by atoms with Gasteiger partial charge in [0.1, 0.15) is 23.6 Å². The Hall–Kier alpha value is -2.99. The molecular formula is C13H11N3O3. The molecule has 6 nitrogen and oxygen atoms in total. The summed E-state index contributed by atoms with van der Waals surface area (Å²) in [6, 6.07) is 7.08. The molecule has 0 radical (unpaired) electrons. The van der Waals surface area contributed by atoms with Crippen molar-refractivity contribution in [2.75, 3.05) is 14.1 Å².